The van der Waals surface area contributed by atoms with E-state index in [0.717, 1.165) is 11.3 Å². The van der Waals surface area contributed by atoms with Crippen molar-refractivity contribution in [1.29, 1.82) is 0 Å². The highest BCUT2D eigenvalue weighted by atomic mass is 32.2. The Labute approximate surface area is 138 Å². The maximum Gasteiger partial charge on any atom is 0.328 e. The van der Waals surface area contributed by atoms with Crippen LogP contribution in [0.1, 0.15) is 19.4 Å². The van der Waals surface area contributed by atoms with Crippen LogP contribution in [0, 0.1) is 6.92 Å². The minimum atomic E-state index is -1.30. The van der Waals surface area contributed by atoms with Crippen molar-refractivity contribution in [3.05, 3.63) is 36.2 Å². The molecule has 1 heterocycles. The molecule has 0 atom stereocenters. The highest BCUT2D eigenvalue weighted by molar-refractivity contribution is 7.99. The summed E-state index contributed by atoms with van der Waals surface area (Å²) in [6.45, 7) is 4.87. The Bertz CT molecular complexity index is 710. The Hall–Kier alpha value is -2.35. The van der Waals surface area contributed by atoms with E-state index in [1.54, 1.807) is 10.9 Å². The van der Waals surface area contributed by atoms with Gasteiger partial charge in [-0.1, -0.05) is 29.5 Å². The summed E-state index contributed by atoms with van der Waals surface area (Å²) in [5.41, 5.74) is 0.739. The van der Waals surface area contributed by atoms with Crippen molar-refractivity contribution in [1.82, 2.24) is 20.1 Å². The Kier molecular flexibility index (Phi) is 5.05. The van der Waals surface area contributed by atoms with Crippen molar-refractivity contribution >= 4 is 23.6 Å². The second kappa shape index (κ2) is 6.82. The van der Waals surface area contributed by atoms with Gasteiger partial charge >= 0.3 is 5.97 Å². The number of amides is 1. The number of carboxylic acids is 1. The maximum absolute atomic E-state index is 11.9. The van der Waals surface area contributed by atoms with Gasteiger partial charge in [-0.05, 0) is 32.9 Å². The first-order chi connectivity index (χ1) is 10.8. The van der Waals surface area contributed by atoms with Crippen molar-refractivity contribution < 1.29 is 14.7 Å². The molecule has 122 valence electrons. The summed E-state index contributed by atoms with van der Waals surface area (Å²) >= 11 is 1.20. The number of aromatic nitrogens is 3. The van der Waals surface area contributed by atoms with Crippen LogP contribution in [-0.4, -0.2) is 43.0 Å². The molecule has 7 nitrogen and oxygen atoms in total. The van der Waals surface area contributed by atoms with E-state index in [1.807, 2.05) is 31.2 Å². The normalized spacial score (nSPS) is 11.3. The lowest BCUT2D eigenvalue weighted by atomic mass is 10.1. The largest absolute Gasteiger partial charge is 0.480 e. The number of carbonyl (C=O) groups is 2. The zero-order valence-corrected chi connectivity index (χ0v) is 13.9. The minimum absolute atomic E-state index is 0.0568. The van der Waals surface area contributed by atoms with Gasteiger partial charge in [0, 0.05) is 5.69 Å². The van der Waals surface area contributed by atoms with Gasteiger partial charge < -0.3 is 10.4 Å². The van der Waals surface area contributed by atoms with Crippen molar-refractivity contribution in [3.8, 4) is 5.69 Å². The summed E-state index contributed by atoms with van der Waals surface area (Å²) in [5, 5.41) is 19.9. The summed E-state index contributed by atoms with van der Waals surface area (Å²) in [6, 6.07) is 7.84. The third-order valence-corrected chi connectivity index (χ3v) is 4.09. The van der Waals surface area contributed by atoms with Crippen LogP contribution < -0.4 is 5.32 Å². The van der Waals surface area contributed by atoms with E-state index in [-0.39, 0.29) is 11.7 Å². The van der Waals surface area contributed by atoms with E-state index in [2.05, 4.69) is 15.5 Å². The van der Waals surface area contributed by atoms with Crippen molar-refractivity contribution in [3.63, 3.8) is 0 Å². The summed E-state index contributed by atoms with van der Waals surface area (Å²) in [6.07, 6.45) is 1.58. The van der Waals surface area contributed by atoms with Crippen LogP contribution in [0.5, 0.6) is 0 Å². The number of carbonyl (C=O) groups excluding carboxylic acids is 1. The first-order valence-corrected chi connectivity index (χ1v) is 7.92. The van der Waals surface area contributed by atoms with Crippen LogP contribution in [-0.2, 0) is 9.59 Å². The maximum atomic E-state index is 11.9. The fourth-order valence-corrected chi connectivity index (χ4v) is 2.50. The number of carboxylic acid groups (broad SMARTS) is 1. The van der Waals surface area contributed by atoms with Crippen LogP contribution in [0.25, 0.3) is 5.69 Å². The number of nitrogens with zero attached hydrogens (tertiary/aromatic N) is 3. The first-order valence-electron chi connectivity index (χ1n) is 6.94. The molecule has 0 saturated carbocycles. The molecule has 1 aromatic heterocycles. The molecule has 8 heteroatoms. The molecular formula is C15H18N4O3S. The molecule has 0 unspecified atom stereocenters. The Morgan fingerprint density at radius 1 is 1.30 bits per heavy atom. The molecule has 1 aromatic carbocycles. The number of hydrogen-bond acceptors (Lipinski definition) is 5. The van der Waals surface area contributed by atoms with Crippen LogP contribution in [0.4, 0.5) is 0 Å². The summed E-state index contributed by atoms with van der Waals surface area (Å²) in [7, 11) is 0. The molecule has 2 N–H and O–H groups in total. The van der Waals surface area contributed by atoms with Crippen molar-refractivity contribution in [2.24, 2.45) is 0 Å². The van der Waals surface area contributed by atoms with Crippen molar-refractivity contribution in [2.75, 3.05) is 5.75 Å². The van der Waals surface area contributed by atoms with Gasteiger partial charge in [0.25, 0.3) is 0 Å². The molecule has 0 aliphatic carbocycles. The summed E-state index contributed by atoms with van der Waals surface area (Å²) < 4.78 is 1.78. The average molecular weight is 334 g/mol. The Morgan fingerprint density at radius 2 is 1.96 bits per heavy atom. The van der Waals surface area contributed by atoms with Gasteiger partial charge in [0.05, 0.1) is 5.75 Å². The predicted molar refractivity (Wildman–Crippen MR) is 86.7 cm³/mol. The average Bonchev–Trinajstić information content (AvgIpc) is 2.93. The van der Waals surface area contributed by atoms with Crippen LogP contribution in [0.2, 0.25) is 0 Å². The number of aryl methyl sites for hydroxylation is 1. The molecule has 0 radical (unpaired) electrons. The monoisotopic (exact) mass is 334 g/mol. The lowest BCUT2D eigenvalue weighted by Crippen LogP contribution is -2.50. The molecular weight excluding hydrogens is 316 g/mol. The SMILES string of the molecule is Cc1ccc(-n2cnnc2SCC(=O)NC(C)(C)C(=O)O)cc1. The highest BCUT2D eigenvalue weighted by Gasteiger charge is 2.28. The molecule has 0 aliphatic rings. The zero-order valence-electron chi connectivity index (χ0n) is 13.1. The molecule has 0 saturated heterocycles. The van der Waals surface area contributed by atoms with Gasteiger partial charge in [0.2, 0.25) is 5.91 Å². The van der Waals surface area contributed by atoms with Gasteiger partial charge in [-0.3, -0.25) is 9.36 Å². The second-order valence-corrected chi connectivity index (χ2v) is 6.53. The molecule has 23 heavy (non-hydrogen) atoms. The molecule has 0 aliphatic heterocycles. The second-order valence-electron chi connectivity index (χ2n) is 5.59. The third-order valence-electron chi connectivity index (χ3n) is 3.15. The molecule has 1 amide bonds. The number of rotatable bonds is 6. The molecule has 2 aromatic rings. The predicted octanol–water partition coefficient (Wildman–Crippen LogP) is 1.65. The van der Waals surface area contributed by atoms with Crippen LogP contribution in [0.3, 0.4) is 0 Å². The fraction of sp³-hybridized carbons (Fsp3) is 0.333. The summed E-state index contributed by atoms with van der Waals surface area (Å²) in [4.78, 5) is 22.9. The molecule has 0 spiro atoms. The number of aliphatic carboxylic acids is 1. The van der Waals surface area contributed by atoms with Crippen LogP contribution >= 0.6 is 11.8 Å². The Morgan fingerprint density at radius 3 is 2.57 bits per heavy atom. The third kappa shape index (κ3) is 4.32. The first kappa shape index (κ1) is 17.0. The van der Waals surface area contributed by atoms with Gasteiger partial charge in [-0.15, -0.1) is 10.2 Å². The number of benzene rings is 1. The molecule has 0 fully saturated rings. The zero-order chi connectivity index (χ0) is 17.0. The Balaban J connectivity index is 2.02. The van der Waals surface area contributed by atoms with E-state index >= 15 is 0 Å². The minimum Gasteiger partial charge on any atom is -0.480 e. The lowest BCUT2D eigenvalue weighted by molar-refractivity contribution is -0.145. The van der Waals surface area contributed by atoms with E-state index in [9.17, 15) is 9.59 Å². The van der Waals surface area contributed by atoms with E-state index in [1.165, 1.54) is 25.6 Å². The quantitative estimate of drug-likeness (QED) is 0.780. The van der Waals surface area contributed by atoms with Gasteiger partial charge in [0.1, 0.15) is 11.9 Å². The van der Waals surface area contributed by atoms with Gasteiger partial charge in [0.15, 0.2) is 5.16 Å². The van der Waals surface area contributed by atoms with Gasteiger partial charge in [-0.25, -0.2) is 4.79 Å². The van der Waals surface area contributed by atoms with Crippen molar-refractivity contribution in [2.45, 2.75) is 31.5 Å². The van der Waals surface area contributed by atoms with E-state index in [4.69, 9.17) is 5.11 Å². The number of nitrogens with one attached hydrogen (secondary N) is 1. The van der Waals surface area contributed by atoms with Crippen LogP contribution in [0.15, 0.2) is 35.7 Å². The fourth-order valence-electron chi connectivity index (χ4n) is 1.77. The van der Waals surface area contributed by atoms with E-state index in [0.29, 0.717) is 5.16 Å². The lowest BCUT2D eigenvalue weighted by Gasteiger charge is -2.20. The smallest absolute Gasteiger partial charge is 0.328 e. The standard InChI is InChI=1S/C15H18N4O3S/c1-10-4-6-11(7-5-10)19-9-16-18-14(19)23-8-12(20)17-15(2,3)13(21)22/h4-7,9H,8H2,1-3H3,(H,17,20)(H,21,22). The number of hydrogen-bond donors (Lipinski definition) is 2. The number of thioether (sulfide) groups is 1. The molecule has 2 rings (SSSR count). The topological polar surface area (TPSA) is 97.1 Å². The van der Waals surface area contributed by atoms with Gasteiger partial charge in [-0.2, -0.15) is 0 Å². The van der Waals surface area contributed by atoms with E-state index < -0.39 is 11.5 Å². The molecule has 0 bridgehead atoms. The highest BCUT2D eigenvalue weighted by Crippen LogP contribution is 2.19. The summed E-state index contributed by atoms with van der Waals surface area (Å²) in [5.74, 6) is -1.40.